The second kappa shape index (κ2) is 7.78. The van der Waals surface area contributed by atoms with E-state index in [4.69, 9.17) is 4.99 Å². The molecular weight excluding hydrogens is 334 g/mol. The molecule has 0 saturated heterocycles. The first-order valence-electron chi connectivity index (χ1n) is 9.43. The van der Waals surface area contributed by atoms with E-state index >= 15 is 0 Å². The van der Waals surface area contributed by atoms with Crippen molar-refractivity contribution in [2.75, 3.05) is 4.90 Å². The number of nitrogens with zero attached hydrogens (tertiary/aromatic N) is 3. The minimum atomic E-state index is -0.0935. The summed E-state index contributed by atoms with van der Waals surface area (Å²) in [5.74, 6) is 0.597. The molecule has 0 aliphatic carbocycles. The topological polar surface area (TPSA) is 35.9 Å². The van der Waals surface area contributed by atoms with E-state index in [1.165, 1.54) is 0 Å². The van der Waals surface area contributed by atoms with E-state index in [0.29, 0.717) is 11.7 Å². The van der Waals surface area contributed by atoms with Crippen LogP contribution >= 0.6 is 0 Å². The summed E-state index contributed by atoms with van der Waals surface area (Å²) in [6.07, 6.45) is 1.86. The lowest BCUT2D eigenvalue weighted by Crippen LogP contribution is -2.50. The quantitative estimate of drug-likeness (QED) is 0.729. The molecular formula is C23H27N3O. The molecule has 140 valence electrons. The summed E-state index contributed by atoms with van der Waals surface area (Å²) >= 11 is 0. The highest BCUT2D eigenvalue weighted by Gasteiger charge is 2.36. The molecule has 1 aliphatic rings. The van der Waals surface area contributed by atoms with Crippen LogP contribution in [0.4, 0.5) is 5.69 Å². The van der Waals surface area contributed by atoms with Crippen LogP contribution in [-0.4, -0.2) is 28.9 Å². The van der Waals surface area contributed by atoms with E-state index in [2.05, 4.69) is 32.6 Å². The van der Waals surface area contributed by atoms with Crippen LogP contribution in [0.5, 0.6) is 0 Å². The number of aryl methyl sites for hydroxylation is 1. The van der Waals surface area contributed by atoms with Crippen LogP contribution in [0.3, 0.4) is 0 Å². The number of rotatable bonds is 4. The number of hydrogen-bond donors (Lipinski definition) is 0. The zero-order valence-corrected chi connectivity index (χ0v) is 16.7. The van der Waals surface area contributed by atoms with Gasteiger partial charge in [0.05, 0.1) is 5.69 Å². The minimum Gasteiger partial charge on any atom is -0.337 e. The first-order valence-corrected chi connectivity index (χ1v) is 9.43. The van der Waals surface area contributed by atoms with Crippen molar-refractivity contribution in [3.63, 3.8) is 0 Å². The Bertz CT molecular complexity index is 856. The van der Waals surface area contributed by atoms with Gasteiger partial charge < -0.3 is 4.90 Å². The first kappa shape index (κ1) is 18.9. The summed E-state index contributed by atoms with van der Waals surface area (Å²) in [7, 11) is 0. The molecule has 0 aromatic heterocycles. The summed E-state index contributed by atoms with van der Waals surface area (Å²) in [5.41, 5.74) is 3.43. The number of carbonyl (C=O) groups is 1. The second-order valence-electron chi connectivity index (χ2n) is 7.42. The molecule has 0 saturated carbocycles. The standard InChI is InChI=1S/C23H27N3O/c1-16(2)25(17(3)4)23-24-21(15-19-9-7-6-8-10-19)22(27)26(23)20-13-11-18(5)12-14-20/h6-17H,1-5H3. The maximum Gasteiger partial charge on any atom is 0.283 e. The number of amides is 1. The zero-order valence-electron chi connectivity index (χ0n) is 16.7. The molecule has 0 bridgehead atoms. The van der Waals surface area contributed by atoms with E-state index in [1.54, 1.807) is 4.90 Å². The van der Waals surface area contributed by atoms with Crippen molar-refractivity contribution in [3.05, 3.63) is 71.4 Å². The number of hydrogen-bond acceptors (Lipinski definition) is 3. The highest BCUT2D eigenvalue weighted by molar-refractivity contribution is 6.28. The fraction of sp³-hybridized carbons (Fsp3) is 0.304. The lowest BCUT2D eigenvalue weighted by Gasteiger charge is -2.35. The lowest BCUT2D eigenvalue weighted by molar-refractivity contribution is -0.113. The van der Waals surface area contributed by atoms with Gasteiger partial charge in [0.2, 0.25) is 5.96 Å². The third-order valence-electron chi connectivity index (χ3n) is 4.58. The fourth-order valence-electron chi connectivity index (χ4n) is 3.37. The van der Waals surface area contributed by atoms with Crippen LogP contribution in [0.2, 0.25) is 0 Å². The van der Waals surface area contributed by atoms with Gasteiger partial charge in [0.15, 0.2) is 0 Å². The molecule has 4 heteroatoms. The van der Waals surface area contributed by atoms with Gasteiger partial charge in [0.25, 0.3) is 5.91 Å². The molecule has 0 spiro atoms. The highest BCUT2D eigenvalue weighted by atomic mass is 16.2. The maximum atomic E-state index is 13.3. The Hall–Kier alpha value is -2.88. The Morgan fingerprint density at radius 1 is 0.926 bits per heavy atom. The Morgan fingerprint density at radius 2 is 1.52 bits per heavy atom. The molecule has 2 aromatic carbocycles. The predicted molar refractivity (Wildman–Crippen MR) is 113 cm³/mol. The van der Waals surface area contributed by atoms with Crippen molar-refractivity contribution in [1.82, 2.24) is 4.90 Å². The van der Waals surface area contributed by atoms with E-state index in [9.17, 15) is 4.79 Å². The van der Waals surface area contributed by atoms with Crippen LogP contribution in [0.25, 0.3) is 6.08 Å². The smallest absolute Gasteiger partial charge is 0.283 e. The van der Waals surface area contributed by atoms with Gasteiger partial charge in [-0.2, -0.15) is 0 Å². The van der Waals surface area contributed by atoms with E-state index in [-0.39, 0.29) is 18.0 Å². The maximum absolute atomic E-state index is 13.3. The number of carbonyl (C=O) groups excluding carboxylic acids is 1. The molecule has 0 unspecified atom stereocenters. The molecule has 1 heterocycles. The van der Waals surface area contributed by atoms with Crippen LogP contribution in [0.15, 0.2) is 65.3 Å². The van der Waals surface area contributed by atoms with Crippen LogP contribution in [0.1, 0.15) is 38.8 Å². The number of aliphatic imine (C=N–C) groups is 1. The molecule has 27 heavy (non-hydrogen) atoms. The van der Waals surface area contributed by atoms with Crippen molar-refractivity contribution in [1.29, 1.82) is 0 Å². The number of guanidine groups is 1. The normalized spacial score (nSPS) is 15.8. The second-order valence-corrected chi connectivity index (χ2v) is 7.42. The van der Waals surface area contributed by atoms with E-state index in [1.807, 2.05) is 67.6 Å². The molecule has 0 fully saturated rings. The molecule has 0 radical (unpaired) electrons. The molecule has 4 nitrogen and oxygen atoms in total. The largest absolute Gasteiger partial charge is 0.337 e. The fourth-order valence-corrected chi connectivity index (χ4v) is 3.37. The van der Waals surface area contributed by atoms with Gasteiger partial charge in [0.1, 0.15) is 5.70 Å². The summed E-state index contributed by atoms with van der Waals surface area (Å²) in [6, 6.07) is 18.3. The summed E-state index contributed by atoms with van der Waals surface area (Å²) < 4.78 is 0. The van der Waals surface area contributed by atoms with Crippen LogP contribution in [-0.2, 0) is 4.79 Å². The van der Waals surface area contributed by atoms with Gasteiger partial charge >= 0.3 is 0 Å². The van der Waals surface area contributed by atoms with Gasteiger partial charge in [-0.3, -0.25) is 4.79 Å². The third kappa shape index (κ3) is 3.95. The minimum absolute atomic E-state index is 0.0935. The zero-order chi connectivity index (χ0) is 19.6. The Balaban J connectivity index is 2.10. The van der Waals surface area contributed by atoms with Gasteiger partial charge in [-0.25, -0.2) is 9.89 Å². The van der Waals surface area contributed by atoms with Crippen molar-refractivity contribution in [2.45, 2.75) is 46.7 Å². The molecule has 2 aromatic rings. The Labute approximate surface area is 161 Å². The summed E-state index contributed by atoms with van der Waals surface area (Å²) in [6.45, 7) is 10.5. The van der Waals surface area contributed by atoms with Gasteiger partial charge in [-0.1, -0.05) is 48.0 Å². The van der Waals surface area contributed by atoms with Gasteiger partial charge in [-0.15, -0.1) is 0 Å². The molecule has 1 amide bonds. The highest BCUT2D eigenvalue weighted by Crippen LogP contribution is 2.28. The van der Waals surface area contributed by atoms with Crippen LogP contribution < -0.4 is 4.90 Å². The van der Waals surface area contributed by atoms with Crippen LogP contribution in [0, 0.1) is 6.92 Å². The average Bonchev–Trinajstić information content (AvgIpc) is 2.92. The van der Waals surface area contributed by atoms with Crippen molar-refractivity contribution in [2.24, 2.45) is 4.99 Å². The van der Waals surface area contributed by atoms with Crippen molar-refractivity contribution < 1.29 is 4.79 Å². The summed E-state index contributed by atoms with van der Waals surface area (Å²) in [5, 5.41) is 0. The predicted octanol–water partition coefficient (Wildman–Crippen LogP) is 4.86. The Kier molecular flexibility index (Phi) is 5.45. The molecule has 3 rings (SSSR count). The van der Waals surface area contributed by atoms with Crippen molar-refractivity contribution >= 4 is 23.6 Å². The van der Waals surface area contributed by atoms with E-state index in [0.717, 1.165) is 16.8 Å². The number of anilines is 1. The number of benzene rings is 2. The van der Waals surface area contributed by atoms with Crippen molar-refractivity contribution in [3.8, 4) is 0 Å². The van der Waals surface area contributed by atoms with E-state index < -0.39 is 0 Å². The molecule has 0 atom stereocenters. The summed E-state index contributed by atoms with van der Waals surface area (Å²) in [4.78, 5) is 22.0. The van der Waals surface area contributed by atoms with Gasteiger partial charge in [0, 0.05) is 12.1 Å². The average molecular weight is 361 g/mol. The lowest BCUT2D eigenvalue weighted by atomic mass is 10.2. The molecule has 1 aliphatic heterocycles. The van der Waals surface area contributed by atoms with Gasteiger partial charge in [-0.05, 0) is 58.4 Å². The SMILES string of the molecule is Cc1ccc(N2C(=O)C(=Cc3ccccc3)N=C2N(C(C)C)C(C)C)cc1. The Morgan fingerprint density at radius 3 is 2.07 bits per heavy atom. The first-order chi connectivity index (χ1) is 12.9. The third-order valence-corrected chi connectivity index (χ3v) is 4.58. The monoisotopic (exact) mass is 361 g/mol. The molecule has 0 N–H and O–H groups in total.